The summed E-state index contributed by atoms with van der Waals surface area (Å²) in [5.74, 6) is -3.39. The molecule has 2 fully saturated rings. The van der Waals surface area contributed by atoms with Gasteiger partial charge in [0, 0.05) is 26.4 Å². The summed E-state index contributed by atoms with van der Waals surface area (Å²) in [6, 6.07) is 0.396. The molecule has 1 amide bonds. The van der Waals surface area contributed by atoms with Crippen LogP contribution in [-0.4, -0.2) is 57.8 Å². The van der Waals surface area contributed by atoms with Gasteiger partial charge in [0.1, 0.15) is 16.6 Å². The van der Waals surface area contributed by atoms with Gasteiger partial charge >= 0.3 is 0 Å². The molecule has 8 nitrogen and oxygen atoms in total. The third kappa shape index (κ3) is 5.66. The fourth-order valence-electron chi connectivity index (χ4n) is 4.10. The van der Waals surface area contributed by atoms with E-state index in [4.69, 9.17) is 25.8 Å². The summed E-state index contributed by atoms with van der Waals surface area (Å²) in [6.07, 6.45) is 4.82. The average molecular weight is 487 g/mol. The summed E-state index contributed by atoms with van der Waals surface area (Å²) in [5.41, 5.74) is 1.13. The van der Waals surface area contributed by atoms with Gasteiger partial charge in [0.15, 0.2) is 0 Å². The van der Waals surface area contributed by atoms with Crippen LogP contribution in [0.3, 0.4) is 0 Å². The second kappa shape index (κ2) is 9.58. The van der Waals surface area contributed by atoms with E-state index < -0.39 is 11.8 Å². The van der Waals surface area contributed by atoms with Crippen molar-refractivity contribution in [2.24, 2.45) is 13.0 Å². The summed E-state index contributed by atoms with van der Waals surface area (Å²) in [4.78, 5) is 19.7. The maximum Gasteiger partial charge on any atom is 0.297 e. The highest BCUT2D eigenvalue weighted by Crippen LogP contribution is 2.48. The lowest BCUT2D eigenvalue weighted by Crippen LogP contribution is -2.37. The van der Waals surface area contributed by atoms with Gasteiger partial charge in [0.05, 0.1) is 36.9 Å². The molecule has 0 bridgehead atoms. The molecule has 4 rings (SSSR count). The number of aromatic nitrogens is 3. The second-order valence-electron chi connectivity index (χ2n) is 8.99. The Morgan fingerprint density at radius 2 is 2.00 bits per heavy atom. The lowest BCUT2D eigenvalue weighted by atomic mass is 9.95. The maximum absolute atomic E-state index is 13.1. The summed E-state index contributed by atoms with van der Waals surface area (Å²) in [7, 11) is 1.79. The topological polar surface area (TPSA) is 87.5 Å². The van der Waals surface area contributed by atoms with Crippen molar-refractivity contribution in [3.05, 3.63) is 11.2 Å². The molecule has 2 atom stereocenters. The Hall–Kier alpha value is -2.20. The van der Waals surface area contributed by atoms with Gasteiger partial charge in [0.25, 0.3) is 11.9 Å². The Labute approximate surface area is 195 Å². The molecule has 2 aromatic heterocycles. The Morgan fingerprint density at radius 3 is 2.64 bits per heavy atom. The minimum absolute atomic E-state index is 0.00677. The van der Waals surface area contributed by atoms with Gasteiger partial charge in [-0.25, -0.2) is 13.8 Å². The highest BCUT2D eigenvalue weighted by atomic mass is 35.5. The van der Waals surface area contributed by atoms with Crippen LogP contribution >= 0.6 is 11.6 Å². The number of amides is 1. The molecule has 0 spiro atoms. The number of imidazole rings is 1. The quantitative estimate of drug-likeness (QED) is 0.578. The SMILES string of the molecule is CC(=O)N[C@@H](C)COC1CCC(Oc2nc3cnc(OCC4CC4(F)F)c(Cl)c3n2C)CC1. The van der Waals surface area contributed by atoms with Crippen LogP contribution in [0.15, 0.2) is 6.20 Å². The monoisotopic (exact) mass is 486 g/mol. The van der Waals surface area contributed by atoms with Crippen molar-refractivity contribution in [3.63, 3.8) is 0 Å². The van der Waals surface area contributed by atoms with E-state index in [9.17, 15) is 13.6 Å². The van der Waals surface area contributed by atoms with Crippen molar-refractivity contribution < 1.29 is 27.8 Å². The Morgan fingerprint density at radius 1 is 1.33 bits per heavy atom. The highest BCUT2D eigenvalue weighted by Gasteiger charge is 2.57. The number of alkyl halides is 2. The van der Waals surface area contributed by atoms with Gasteiger partial charge in [0.2, 0.25) is 11.8 Å². The van der Waals surface area contributed by atoms with E-state index in [1.165, 1.54) is 13.1 Å². The van der Waals surface area contributed by atoms with Gasteiger partial charge in [-0.3, -0.25) is 9.36 Å². The summed E-state index contributed by atoms with van der Waals surface area (Å²) >= 11 is 6.45. The Balaban J connectivity index is 1.32. The molecular weight excluding hydrogens is 458 g/mol. The molecule has 0 aromatic carbocycles. The molecule has 0 aliphatic heterocycles. The molecule has 0 saturated heterocycles. The van der Waals surface area contributed by atoms with Gasteiger partial charge in [-0.2, -0.15) is 4.98 Å². The number of fused-ring (bicyclic) bond motifs is 1. The number of carbonyl (C=O) groups is 1. The van der Waals surface area contributed by atoms with E-state index in [2.05, 4.69) is 15.3 Å². The molecule has 2 heterocycles. The van der Waals surface area contributed by atoms with Crippen LogP contribution in [0.2, 0.25) is 5.02 Å². The first-order valence-electron chi connectivity index (χ1n) is 11.2. The van der Waals surface area contributed by atoms with Crippen molar-refractivity contribution in [1.82, 2.24) is 19.9 Å². The number of carbonyl (C=O) groups excluding carboxylic acids is 1. The predicted molar refractivity (Wildman–Crippen MR) is 118 cm³/mol. The lowest BCUT2D eigenvalue weighted by molar-refractivity contribution is -0.120. The first kappa shape index (κ1) is 23.9. The molecule has 1 N–H and O–H groups in total. The summed E-state index contributed by atoms with van der Waals surface area (Å²) in [6.45, 7) is 3.77. The van der Waals surface area contributed by atoms with E-state index in [0.29, 0.717) is 23.7 Å². The first-order chi connectivity index (χ1) is 15.6. The van der Waals surface area contributed by atoms with Crippen molar-refractivity contribution in [2.75, 3.05) is 13.2 Å². The number of nitrogens with zero attached hydrogens (tertiary/aromatic N) is 3. The third-order valence-electron chi connectivity index (χ3n) is 6.08. The number of aryl methyl sites for hydroxylation is 1. The zero-order valence-electron chi connectivity index (χ0n) is 18.9. The van der Waals surface area contributed by atoms with E-state index in [1.807, 2.05) is 6.92 Å². The van der Waals surface area contributed by atoms with Crippen LogP contribution < -0.4 is 14.8 Å². The molecular formula is C22H29ClF2N4O4. The van der Waals surface area contributed by atoms with Gasteiger partial charge in [-0.1, -0.05) is 11.6 Å². The number of rotatable bonds is 9. The van der Waals surface area contributed by atoms with Crippen LogP contribution in [0, 0.1) is 5.92 Å². The number of ether oxygens (including phenoxy) is 3. The molecule has 2 saturated carbocycles. The van der Waals surface area contributed by atoms with Crippen molar-refractivity contribution in [1.29, 1.82) is 0 Å². The molecule has 1 unspecified atom stereocenters. The number of nitrogens with one attached hydrogen (secondary N) is 1. The normalized spacial score (nSPS) is 25.0. The van der Waals surface area contributed by atoms with Gasteiger partial charge in [-0.05, 0) is 32.6 Å². The highest BCUT2D eigenvalue weighted by molar-refractivity contribution is 6.36. The van der Waals surface area contributed by atoms with Gasteiger partial charge < -0.3 is 19.5 Å². The largest absolute Gasteiger partial charge is 0.476 e. The summed E-state index contributed by atoms with van der Waals surface area (Å²) < 4.78 is 45.5. The van der Waals surface area contributed by atoms with Crippen LogP contribution in [0.5, 0.6) is 11.9 Å². The van der Waals surface area contributed by atoms with Crippen LogP contribution in [-0.2, 0) is 16.6 Å². The standard InChI is InChI=1S/C22H29ClF2N4O4/c1-12(27-13(2)30)10-31-15-4-6-16(7-5-15)33-21-28-17-9-26-20(18(23)19(17)29(21)3)32-11-14-8-22(14,24)25/h9,12,14-16H,4-8,10-11H2,1-3H3,(H,27,30)/t12-,14?,15?,16?/m0/s1. The molecule has 0 radical (unpaired) electrons. The van der Waals surface area contributed by atoms with E-state index >= 15 is 0 Å². The third-order valence-corrected chi connectivity index (χ3v) is 6.42. The fraction of sp³-hybridized carbons (Fsp3) is 0.682. The predicted octanol–water partition coefficient (Wildman–Crippen LogP) is 3.89. The summed E-state index contributed by atoms with van der Waals surface area (Å²) in [5, 5.41) is 3.04. The zero-order chi connectivity index (χ0) is 23.8. The van der Waals surface area contributed by atoms with Crippen LogP contribution in [0.25, 0.3) is 11.0 Å². The average Bonchev–Trinajstić information content (AvgIpc) is 3.24. The molecule has 11 heteroatoms. The molecule has 33 heavy (non-hydrogen) atoms. The smallest absolute Gasteiger partial charge is 0.297 e. The van der Waals surface area contributed by atoms with E-state index in [-0.39, 0.29) is 48.1 Å². The number of hydrogen-bond donors (Lipinski definition) is 1. The minimum atomic E-state index is -2.65. The number of hydrogen-bond acceptors (Lipinski definition) is 6. The van der Waals surface area contributed by atoms with Crippen molar-refractivity contribution in [2.45, 2.75) is 70.1 Å². The molecule has 2 aliphatic carbocycles. The van der Waals surface area contributed by atoms with Crippen molar-refractivity contribution >= 4 is 28.5 Å². The minimum Gasteiger partial charge on any atom is -0.476 e. The Kier molecular flexibility index (Phi) is 6.95. The molecule has 2 aliphatic rings. The van der Waals surface area contributed by atoms with E-state index in [0.717, 1.165) is 25.7 Å². The van der Waals surface area contributed by atoms with Crippen LogP contribution in [0.4, 0.5) is 8.78 Å². The fourth-order valence-corrected chi connectivity index (χ4v) is 4.42. The van der Waals surface area contributed by atoms with Crippen molar-refractivity contribution in [3.8, 4) is 11.9 Å². The number of pyridine rings is 1. The van der Waals surface area contributed by atoms with Crippen LogP contribution in [0.1, 0.15) is 46.0 Å². The maximum atomic E-state index is 13.1. The second-order valence-corrected chi connectivity index (χ2v) is 9.37. The zero-order valence-corrected chi connectivity index (χ0v) is 19.7. The molecule has 2 aromatic rings. The molecule has 182 valence electrons. The first-order valence-corrected chi connectivity index (χ1v) is 11.6. The number of halogens is 3. The van der Waals surface area contributed by atoms with E-state index in [1.54, 1.807) is 11.6 Å². The Bertz CT molecular complexity index is 1010. The van der Waals surface area contributed by atoms with Gasteiger partial charge in [-0.15, -0.1) is 0 Å². The lowest BCUT2D eigenvalue weighted by Gasteiger charge is -2.29.